The van der Waals surface area contributed by atoms with Crippen molar-refractivity contribution >= 4 is 23.8 Å². The van der Waals surface area contributed by atoms with E-state index in [1.165, 1.54) is 158 Å². The fourth-order valence-electron chi connectivity index (χ4n) is 15.5. The van der Waals surface area contributed by atoms with Crippen LogP contribution in [0.5, 0.6) is 0 Å². The number of unbranched alkanes of at least 4 members (excludes halogenated alkanes) is 18. The smallest absolute Gasteiger partial charge is 0.326 e. The number of rotatable bonds is 44. The zero-order valence-corrected chi connectivity index (χ0v) is 56.1. The maximum atomic E-state index is 14.0. The Balaban J connectivity index is 1.26. The Morgan fingerprint density at radius 2 is 1.12 bits per heavy atom. The van der Waals surface area contributed by atoms with E-state index in [0.717, 1.165) is 119 Å². The predicted molar refractivity (Wildman–Crippen MR) is 352 cm³/mol. The van der Waals surface area contributed by atoms with E-state index in [1.54, 1.807) is 20.8 Å². The highest BCUT2D eigenvalue weighted by Gasteiger charge is 2.59. The van der Waals surface area contributed by atoms with Gasteiger partial charge in [-0.2, -0.15) is 0 Å². The van der Waals surface area contributed by atoms with Gasteiger partial charge in [-0.1, -0.05) is 205 Å². The largest absolute Gasteiger partial charge is 0.462 e. The van der Waals surface area contributed by atoms with E-state index in [4.69, 9.17) is 14.2 Å². The summed E-state index contributed by atoms with van der Waals surface area (Å²) in [5.41, 5.74) is 1.23. The van der Waals surface area contributed by atoms with E-state index in [0.29, 0.717) is 11.3 Å². The molecule has 480 valence electrons. The van der Waals surface area contributed by atoms with E-state index < -0.39 is 36.0 Å². The van der Waals surface area contributed by atoms with E-state index in [9.17, 15) is 19.2 Å². The summed E-state index contributed by atoms with van der Waals surface area (Å²) in [6, 6.07) is 0. The number of fused-ring (bicyclic) bond motifs is 5. The predicted octanol–water partition coefficient (Wildman–Crippen LogP) is 21.2. The van der Waals surface area contributed by atoms with Crippen LogP contribution in [0.3, 0.4) is 0 Å². The highest BCUT2D eigenvalue weighted by molar-refractivity contribution is 5.88. The molecule has 0 spiro atoms. The molecule has 8 nitrogen and oxygen atoms in total. The first-order chi connectivity index (χ1) is 40.4. The maximum Gasteiger partial charge on any atom is 0.326 e. The van der Waals surface area contributed by atoms with Crippen LogP contribution >= 0.6 is 0 Å². The Bertz CT molecular complexity index is 1960. The number of hydrogen-bond acceptors (Lipinski definition) is 7. The number of amides is 1. The van der Waals surface area contributed by atoms with Crippen LogP contribution in [-0.2, 0) is 33.4 Å². The minimum absolute atomic E-state index is 0.113. The van der Waals surface area contributed by atoms with Crippen LogP contribution in [-0.4, -0.2) is 59.6 Å². The first kappa shape index (κ1) is 73.1. The molecule has 1 unspecified atom stereocenters. The highest BCUT2D eigenvalue weighted by Crippen LogP contribution is 2.67. The minimum Gasteiger partial charge on any atom is -0.462 e. The minimum atomic E-state index is -0.765. The molecule has 0 aromatic rings. The van der Waals surface area contributed by atoms with Crippen molar-refractivity contribution in [2.45, 2.75) is 337 Å². The summed E-state index contributed by atoms with van der Waals surface area (Å²) in [4.78, 5) is 56.0. The normalized spacial score (nSPS) is 23.8. The molecule has 0 heterocycles. The molecule has 8 heteroatoms. The van der Waals surface area contributed by atoms with Crippen LogP contribution < -0.4 is 0 Å². The fraction of sp³-hybridized carbons (Fsp3) is 0.816. The zero-order valence-electron chi connectivity index (χ0n) is 56.1. The summed E-state index contributed by atoms with van der Waals surface area (Å²) in [7, 11) is 0. The molecule has 3 fully saturated rings. The van der Waals surface area contributed by atoms with E-state index in [2.05, 4.69) is 103 Å². The summed E-state index contributed by atoms with van der Waals surface area (Å²) in [5, 5.41) is 0. The molecule has 4 aliphatic carbocycles. The number of carbonyl (C=O) groups is 4. The molecule has 0 N–H and O–H groups in total. The molecule has 8 atom stereocenters. The van der Waals surface area contributed by atoms with Crippen molar-refractivity contribution in [3.8, 4) is 0 Å². The average Bonchev–Trinajstić information content (AvgIpc) is 1.46. The van der Waals surface area contributed by atoms with Crippen molar-refractivity contribution in [2.24, 2.45) is 46.3 Å². The quantitative estimate of drug-likeness (QED) is 0.0259. The van der Waals surface area contributed by atoms with Gasteiger partial charge < -0.3 is 19.1 Å². The zero-order chi connectivity index (χ0) is 61.1. The Hall–Kier alpha value is -3.42. The molecule has 4 aliphatic rings. The number of carbonyl (C=O) groups excluding carboxylic acids is 4. The second-order valence-electron chi connectivity index (χ2n) is 28.8. The van der Waals surface area contributed by atoms with Crippen molar-refractivity contribution in [3.05, 3.63) is 60.3 Å². The van der Waals surface area contributed by atoms with Gasteiger partial charge in [-0.25, -0.2) is 0 Å². The van der Waals surface area contributed by atoms with Crippen LogP contribution in [0.1, 0.15) is 320 Å². The first-order valence-corrected chi connectivity index (χ1v) is 35.6. The van der Waals surface area contributed by atoms with Crippen LogP contribution in [0.25, 0.3) is 0 Å². The lowest BCUT2D eigenvalue weighted by atomic mass is 9.47. The summed E-state index contributed by atoms with van der Waals surface area (Å²) in [5.74, 6) is 2.59. The van der Waals surface area contributed by atoms with E-state index in [-0.39, 0.29) is 37.0 Å². The maximum absolute atomic E-state index is 14.0. The molecular weight excluding hydrogens is 1040 g/mol. The van der Waals surface area contributed by atoms with Crippen LogP contribution in [0, 0.1) is 46.3 Å². The van der Waals surface area contributed by atoms with Crippen molar-refractivity contribution in [1.82, 2.24) is 4.90 Å². The van der Waals surface area contributed by atoms with Gasteiger partial charge in [0.25, 0.3) is 0 Å². The fourth-order valence-corrected chi connectivity index (χ4v) is 15.5. The molecule has 1 amide bonds. The Kier molecular flexibility index (Phi) is 35.6. The summed E-state index contributed by atoms with van der Waals surface area (Å²) in [6.45, 7) is 21.5. The molecule has 3 saturated carbocycles. The van der Waals surface area contributed by atoms with Crippen molar-refractivity contribution in [2.75, 3.05) is 13.1 Å². The second kappa shape index (κ2) is 40.9. The third-order valence-corrected chi connectivity index (χ3v) is 20.3. The summed E-state index contributed by atoms with van der Waals surface area (Å²) in [6.07, 6.45) is 63.4. The summed E-state index contributed by atoms with van der Waals surface area (Å²) < 4.78 is 18.0. The molecule has 0 aromatic heterocycles. The highest BCUT2D eigenvalue weighted by atomic mass is 16.6. The molecule has 0 bridgehead atoms. The number of ether oxygens (including phenoxy) is 3. The average molecular weight is 1170 g/mol. The van der Waals surface area contributed by atoms with Crippen molar-refractivity contribution in [1.29, 1.82) is 0 Å². The van der Waals surface area contributed by atoms with Gasteiger partial charge in [-0.3, -0.25) is 19.2 Å². The topological polar surface area (TPSA) is 99.2 Å². The lowest BCUT2D eigenvalue weighted by Crippen LogP contribution is -2.51. The monoisotopic (exact) mass is 1170 g/mol. The van der Waals surface area contributed by atoms with E-state index >= 15 is 0 Å². The molecule has 4 rings (SSSR count). The first-order valence-electron chi connectivity index (χ1n) is 35.6. The van der Waals surface area contributed by atoms with Gasteiger partial charge in [0.05, 0.1) is 6.42 Å². The van der Waals surface area contributed by atoms with Crippen LogP contribution in [0.15, 0.2) is 60.3 Å². The van der Waals surface area contributed by atoms with Gasteiger partial charge in [0.1, 0.15) is 30.9 Å². The van der Waals surface area contributed by atoms with Gasteiger partial charge >= 0.3 is 17.9 Å². The molecule has 0 radical (unpaired) electrons. The molecule has 0 aromatic carbocycles. The third-order valence-electron chi connectivity index (χ3n) is 20.3. The molecule has 0 aliphatic heterocycles. The molecule has 0 saturated heterocycles. The lowest BCUT2D eigenvalue weighted by Gasteiger charge is -2.58. The van der Waals surface area contributed by atoms with Crippen LogP contribution in [0.4, 0.5) is 0 Å². The van der Waals surface area contributed by atoms with Gasteiger partial charge in [-0.05, 0) is 202 Å². The lowest BCUT2D eigenvalue weighted by molar-refractivity contribution is -0.162. The Labute approximate surface area is 516 Å². The number of hydrogen-bond donors (Lipinski definition) is 0. The number of nitrogens with zero attached hydrogens (tertiary/aromatic N) is 1. The van der Waals surface area contributed by atoms with Crippen molar-refractivity contribution < 1.29 is 33.4 Å². The van der Waals surface area contributed by atoms with Gasteiger partial charge in [-0.15, -0.1) is 0 Å². The third kappa shape index (κ3) is 27.7. The Morgan fingerprint density at radius 3 is 1.67 bits per heavy atom. The SMILES string of the molecule is CCCCC/C=C\C/C=C\CCCCCCCCC(CCCCCCCC/C=C\C/C=C\CCCCC)OC(=O)CCC(=O)N(CC(=O)O[C@H]1CC[C@@]2(C)C(=CC[C@H]3[C@@H]4CC[C@H](C(C)CCCC(C)C)[C@@]4(C)CC[C@@H]32)C1)CC(=O)OC(C)(C)C. The standard InChI is InChI=1S/C76H129NO7/c1-11-13-15-17-19-21-23-25-27-29-31-33-35-37-39-41-46-64(47-42-40-38-36-34-32-30-28-26-24-22-20-18-16-14-12-2)82-71(79)53-52-70(78)77(60-73(81)84-74(6,7)8)59-72(80)83-65-54-56-75(9)63(58-65)48-49-66-68-51-50-67(62(5)45-43-44-61(3)4)76(68,10)57-55-69(66)75/h19-22,25-28,48,61-62,64-69H,11-18,23-24,29-47,49-60H2,1-10H3/b21-19-,22-20-,27-25-,28-26-/t62?,65-,66-,67+,68-,69-,75-,76+/m0/s1. The molecular formula is C76H129NO7. The van der Waals surface area contributed by atoms with Gasteiger partial charge in [0.2, 0.25) is 5.91 Å². The van der Waals surface area contributed by atoms with Crippen molar-refractivity contribution in [3.63, 3.8) is 0 Å². The number of allylic oxidation sites excluding steroid dienone is 9. The number of esters is 3. The summed E-state index contributed by atoms with van der Waals surface area (Å²) >= 11 is 0. The van der Waals surface area contributed by atoms with Crippen LogP contribution in [0.2, 0.25) is 0 Å². The molecule has 84 heavy (non-hydrogen) atoms. The van der Waals surface area contributed by atoms with Gasteiger partial charge in [0.15, 0.2) is 0 Å². The Morgan fingerprint density at radius 1 is 0.583 bits per heavy atom. The van der Waals surface area contributed by atoms with Gasteiger partial charge in [0, 0.05) is 12.8 Å². The second-order valence-corrected chi connectivity index (χ2v) is 28.8. The van der Waals surface area contributed by atoms with E-state index in [1.807, 2.05) is 0 Å².